The van der Waals surface area contributed by atoms with Crippen LogP contribution in [-0.2, 0) is 0 Å². The van der Waals surface area contributed by atoms with Crippen LogP contribution >= 0.6 is 0 Å². The van der Waals surface area contributed by atoms with E-state index in [0.717, 1.165) is 0 Å². The Kier molecular flexibility index (Phi) is 3.47. The third-order valence-electron chi connectivity index (χ3n) is 3.39. The van der Waals surface area contributed by atoms with E-state index in [1.54, 1.807) is 0 Å². The number of hydrogen-bond donors (Lipinski definition) is 0. The van der Waals surface area contributed by atoms with Crippen molar-refractivity contribution in [1.82, 2.24) is 4.98 Å². The summed E-state index contributed by atoms with van der Waals surface area (Å²) in [6.07, 6.45) is 6.04. The van der Waals surface area contributed by atoms with Crippen molar-refractivity contribution in [3.8, 4) is 0 Å². The number of nitrogens with zero attached hydrogens (tertiary/aromatic N) is 2. The molecule has 1 saturated heterocycles. The average Bonchev–Trinajstić information content (AvgIpc) is 2.30. The standard InChI is InChI=1S/C14H22N2/c1-11(2)13-9-12(3)14(15-10-13)16-7-5-4-6-8-16/h9-11H,4-8H2,1-3H3. The van der Waals surface area contributed by atoms with Gasteiger partial charge in [0.25, 0.3) is 0 Å². The quantitative estimate of drug-likeness (QED) is 0.755. The Morgan fingerprint density at radius 3 is 2.44 bits per heavy atom. The van der Waals surface area contributed by atoms with Crippen molar-refractivity contribution in [2.45, 2.75) is 46.0 Å². The molecule has 2 rings (SSSR count). The van der Waals surface area contributed by atoms with Gasteiger partial charge in [-0.1, -0.05) is 19.9 Å². The lowest BCUT2D eigenvalue weighted by molar-refractivity contribution is 0.572. The number of anilines is 1. The summed E-state index contributed by atoms with van der Waals surface area (Å²) in [5.41, 5.74) is 2.67. The first-order chi connectivity index (χ1) is 7.68. The van der Waals surface area contributed by atoms with Gasteiger partial charge in [0, 0.05) is 19.3 Å². The average molecular weight is 218 g/mol. The molecule has 0 atom stereocenters. The lowest BCUT2D eigenvalue weighted by Gasteiger charge is -2.29. The first kappa shape index (κ1) is 11.4. The van der Waals surface area contributed by atoms with Crippen LogP contribution in [0.2, 0.25) is 0 Å². The van der Waals surface area contributed by atoms with E-state index in [4.69, 9.17) is 0 Å². The summed E-state index contributed by atoms with van der Waals surface area (Å²) in [4.78, 5) is 7.08. The zero-order valence-electron chi connectivity index (χ0n) is 10.7. The molecule has 0 amide bonds. The molecule has 0 N–H and O–H groups in total. The number of pyridine rings is 1. The number of piperidine rings is 1. The lowest BCUT2D eigenvalue weighted by atomic mass is 10.0. The normalized spacial score (nSPS) is 16.9. The number of hydrogen-bond acceptors (Lipinski definition) is 2. The van der Waals surface area contributed by atoms with E-state index in [2.05, 4.69) is 36.7 Å². The molecule has 1 aliphatic heterocycles. The SMILES string of the molecule is Cc1cc(C(C)C)cnc1N1CCCCC1. The summed E-state index contributed by atoms with van der Waals surface area (Å²) in [6, 6.07) is 2.29. The maximum absolute atomic E-state index is 4.65. The molecule has 0 bridgehead atoms. The van der Waals surface area contributed by atoms with Crippen LogP contribution < -0.4 is 4.90 Å². The summed E-state index contributed by atoms with van der Waals surface area (Å²) in [7, 11) is 0. The molecule has 2 heteroatoms. The van der Waals surface area contributed by atoms with Crippen LogP contribution in [0.1, 0.15) is 50.2 Å². The zero-order chi connectivity index (χ0) is 11.5. The van der Waals surface area contributed by atoms with Crippen LogP contribution in [0.4, 0.5) is 5.82 Å². The van der Waals surface area contributed by atoms with Crippen LogP contribution in [0.15, 0.2) is 12.3 Å². The van der Waals surface area contributed by atoms with Crippen molar-refractivity contribution < 1.29 is 0 Å². The molecular formula is C14H22N2. The largest absolute Gasteiger partial charge is 0.356 e. The van der Waals surface area contributed by atoms with Crippen molar-refractivity contribution in [3.05, 3.63) is 23.4 Å². The second kappa shape index (κ2) is 4.86. The lowest BCUT2D eigenvalue weighted by Crippen LogP contribution is -2.30. The van der Waals surface area contributed by atoms with Crippen molar-refractivity contribution >= 4 is 5.82 Å². The molecule has 1 aliphatic rings. The van der Waals surface area contributed by atoms with Gasteiger partial charge in [0.05, 0.1) is 0 Å². The highest BCUT2D eigenvalue weighted by atomic mass is 15.2. The fraction of sp³-hybridized carbons (Fsp3) is 0.643. The second-order valence-corrected chi connectivity index (χ2v) is 5.11. The molecule has 1 aromatic rings. The molecule has 0 aromatic carbocycles. The van der Waals surface area contributed by atoms with Gasteiger partial charge >= 0.3 is 0 Å². The van der Waals surface area contributed by atoms with E-state index in [9.17, 15) is 0 Å². The monoisotopic (exact) mass is 218 g/mol. The van der Waals surface area contributed by atoms with Crippen LogP contribution in [0.25, 0.3) is 0 Å². The van der Waals surface area contributed by atoms with Gasteiger partial charge < -0.3 is 4.90 Å². The minimum atomic E-state index is 0.571. The van der Waals surface area contributed by atoms with E-state index in [1.807, 2.05) is 6.20 Å². The molecule has 88 valence electrons. The molecule has 2 heterocycles. The van der Waals surface area contributed by atoms with Gasteiger partial charge in [0.2, 0.25) is 0 Å². The Morgan fingerprint density at radius 1 is 1.19 bits per heavy atom. The van der Waals surface area contributed by atoms with Gasteiger partial charge in [-0.25, -0.2) is 4.98 Å². The minimum absolute atomic E-state index is 0.571. The van der Waals surface area contributed by atoms with Crippen molar-refractivity contribution in [3.63, 3.8) is 0 Å². The highest BCUT2D eigenvalue weighted by Gasteiger charge is 2.14. The Bertz CT molecular complexity index is 352. The first-order valence-electron chi connectivity index (χ1n) is 6.40. The predicted molar refractivity (Wildman–Crippen MR) is 69.1 cm³/mol. The van der Waals surface area contributed by atoms with Gasteiger partial charge in [0.15, 0.2) is 0 Å². The van der Waals surface area contributed by atoms with E-state index < -0.39 is 0 Å². The maximum Gasteiger partial charge on any atom is 0.131 e. The molecule has 0 spiro atoms. The van der Waals surface area contributed by atoms with Crippen LogP contribution in [0.3, 0.4) is 0 Å². The number of aromatic nitrogens is 1. The number of aryl methyl sites for hydroxylation is 1. The summed E-state index contributed by atoms with van der Waals surface area (Å²) in [6.45, 7) is 8.97. The fourth-order valence-electron chi connectivity index (χ4n) is 2.34. The highest BCUT2D eigenvalue weighted by Crippen LogP contribution is 2.24. The van der Waals surface area contributed by atoms with E-state index in [1.165, 1.54) is 49.3 Å². The van der Waals surface area contributed by atoms with Gasteiger partial charge in [-0.05, 0) is 43.2 Å². The first-order valence-corrected chi connectivity index (χ1v) is 6.40. The Morgan fingerprint density at radius 2 is 1.88 bits per heavy atom. The molecule has 0 aliphatic carbocycles. The Balaban J connectivity index is 2.21. The molecule has 1 fully saturated rings. The van der Waals surface area contributed by atoms with Crippen molar-refractivity contribution in [1.29, 1.82) is 0 Å². The molecule has 0 unspecified atom stereocenters. The highest BCUT2D eigenvalue weighted by molar-refractivity contribution is 5.48. The van der Waals surface area contributed by atoms with Gasteiger partial charge in [0.1, 0.15) is 5.82 Å². The summed E-state index contributed by atoms with van der Waals surface area (Å²) >= 11 is 0. The minimum Gasteiger partial charge on any atom is -0.356 e. The number of rotatable bonds is 2. The summed E-state index contributed by atoms with van der Waals surface area (Å²) < 4.78 is 0. The molecule has 0 saturated carbocycles. The van der Waals surface area contributed by atoms with Gasteiger partial charge in [-0.15, -0.1) is 0 Å². The van der Waals surface area contributed by atoms with Crippen molar-refractivity contribution in [2.75, 3.05) is 18.0 Å². The summed E-state index contributed by atoms with van der Waals surface area (Å²) in [5.74, 6) is 1.77. The third kappa shape index (κ3) is 2.37. The molecule has 2 nitrogen and oxygen atoms in total. The van der Waals surface area contributed by atoms with Crippen LogP contribution in [-0.4, -0.2) is 18.1 Å². The van der Waals surface area contributed by atoms with E-state index >= 15 is 0 Å². The molecule has 16 heavy (non-hydrogen) atoms. The summed E-state index contributed by atoms with van der Waals surface area (Å²) in [5, 5.41) is 0. The Hall–Kier alpha value is -1.05. The fourth-order valence-corrected chi connectivity index (χ4v) is 2.34. The zero-order valence-corrected chi connectivity index (χ0v) is 10.7. The smallest absolute Gasteiger partial charge is 0.131 e. The van der Waals surface area contributed by atoms with E-state index in [0.29, 0.717) is 5.92 Å². The van der Waals surface area contributed by atoms with Crippen LogP contribution in [0, 0.1) is 6.92 Å². The van der Waals surface area contributed by atoms with E-state index in [-0.39, 0.29) is 0 Å². The topological polar surface area (TPSA) is 16.1 Å². The molecule has 1 aromatic heterocycles. The third-order valence-corrected chi connectivity index (χ3v) is 3.39. The van der Waals surface area contributed by atoms with Crippen molar-refractivity contribution in [2.24, 2.45) is 0 Å². The van der Waals surface area contributed by atoms with Gasteiger partial charge in [-0.2, -0.15) is 0 Å². The molecule has 0 radical (unpaired) electrons. The van der Waals surface area contributed by atoms with Gasteiger partial charge in [-0.3, -0.25) is 0 Å². The van der Waals surface area contributed by atoms with Crippen LogP contribution in [0.5, 0.6) is 0 Å². The predicted octanol–water partition coefficient (Wildman–Crippen LogP) is 3.50. The Labute approximate surface area is 98.7 Å². The molecular weight excluding hydrogens is 196 g/mol. The second-order valence-electron chi connectivity index (χ2n) is 5.11. The maximum atomic E-state index is 4.65.